The summed E-state index contributed by atoms with van der Waals surface area (Å²) in [6.45, 7) is 13.6. The fraction of sp³-hybridized carbons (Fsp3) is 0.939. The van der Waals surface area contributed by atoms with Crippen LogP contribution in [0.15, 0.2) is 0 Å². The molecule has 0 saturated heterocycles. The summed E-state index contributed by atoms with van der Waals surface area (Å²) in [5.41, 5.74) is 0. The highest BCUT2D eigenvalue weighted by Crippen LogP contribution is 2.17. The van der Waals surface area contributed by atoms with Gasteiger partial charge >= 0.3 is 17.9 Å². The molecule has 0 aromatic rings. The molecular weight excluding hydrogens is 685 g/mol. The number of esters is 3. The topological polar surface area (TPSA) is 78.9 Å². The SMILES string of the molecule is CC(C)CCCCCCCCCCCCCCCCC(=O)OC[C@@H](COC(=O)CCCCCCCCC(C)C)OC(=O)CCCCCCCCCCC(C)C. The second-order valence-corrected chi connectivity index (χ2v) is 18.2. The van der Waals surface area contributed by atoms with Crippen LogP contribution in [0.3, 0.4) is 0 Å². The minimum Gasteiger partial charge on any atom is -0.462 e. The Hall–Kier alpha value is -1.59. The largest absolute Gasteiger partial charge is 0.462 e. The van der Waals surface area contributed by atoms with Crippen LogP contribution in [0.25, 0.3) is 0 Å². The molecule has 0 aromatic heterocycles. The third-order valence-corrected chi connectivity index (χ3v) is 10.9. The van der Waals surface area contributed by atoms with Crippen LogP contribution in [-0.2, 0) is 28.6 Å². The van der Waals surface area contributed by atoms with Gasteiger partial charge < -0.3 is 14.2 Å². The molecule has 0 rings (SSSR count). The molecule has 326 valence electrons. The lowest BCUT2D eigenvalue weighted by molar-refractivity contribution is -0.167. The van der Waals surface area contributed by atoms with Crippen molar-refractivity contribution in [3.8, 4) is 0 Å². The normalized spacial score (nSPS) is 12.2. The smallest absolute Gasteiger partial charge is 0.306 e. The van der Waals surface area contributed by atoms with E-state index in [2.05, 4.69) is 41.5 Å². The van der Waals surface area contributed by atoms with Gasteiger partial charge in [0.1, 0.15) is 13.2 Å². The van der Waals surface area contributed by atoms with Crippen LogP contribution in [0.5, 0.6) is 0 Å². The Labute approximate surface area is 342 Å². The Morgan fingerprint density at radius 2 is 0.527 bits per heavy atom. The van der Waals surface area contributed by atoms with Gasteiger partial charge in [0.15, 0.2) is 6.10 Å². The summed E-state index contributed by atoms with van der Waals surface area (Å²) in [4.78, 5) is 37.7. The van der Waals surface area contributed by atoms with E-state index < -0.39 is 6.10 Å². The van der Waals surface area contributed by atoms with Crippen molar-refractivity contribution in [3.05, 3.63) is 0 Å². The quantitative estimate of drug-likeness (QED) is 0.0349. The van der Waals surface area contributed by atoms with E-state index in [1.165, 1.54) is 141 Å². The maximum Gasteiger partial charge on any atom is 0.306 e. The molecule has 0 bridgehead atoms. The molecule has 0 unspecified atom stereocenters. The first-order valence-corrected chi connectivity index (χ1v) is 24.1. The monoisotopic (exact) mass is 779 g/mol. The maximum absolute atomic E-state index is 12.7. The zero-order valence-corrected chi connectivity index (χ0v) is 37.7. The number of ether oxygens (including phenoxy) is 3. The van der Waals surface area contributed by atoms with Crippen molar-refractivity contribution in [3.63, 3.8) is 0 Å². The van der Waals surface area contributed by atoms with Crippen molar-refractivity contribution in [2.75, 3.05) is 13.2 Å². The van der Waals surface area contributed by atoms with E-state index in [1.807, 2.05) is 0 Å². The predicted molar refractivity (Wildman–Crippen MR) is 233 cm³/mol. The van der Waals surface area contributed by atoms with Gasteiger partial charge in [0.05, 0.1) is 0 Å². The van der Waals surface area contributed by atoms with Crippen LogP contribution in [0.4, 0.5) is 0 Å². The summed E-state index contributed by atoms with van der Waals surface area (Å²) < 4.78 is 16.7. The van der Waals surface area contributed by atoms with Crippen LogP contribution in [0.2, 0.25) is 0 Å². The lowest BCUT2D eigenvalue weighted by atomic mass is 10.0. The van der Waals surface area contributed by atoms with Gasteiger partial charge in [0.25, 0.3) is 0 Å². The van der Waals surface area contributed by atoms with Crippen molar-refractivity contribution < 1.29 is 28.6 Å². The van der Waals surface area contributed by atoms with Gasteiger partial charge in [-0.3, -0.25) is 14.4 Å². The predicted octanol–water partition coefficient (Wildman–Crippen LogP) is 15.2. The van der Waals surface area contributed by atoms with Crippen LogP contribution in [0.1, 0.15) is 260 Å². The first-order valence-electron chi connectivity index (χ1n) is 24.1. The van der Waals surface area contributed by atoms with E-state index in [-0.39, 0.29) is 31.1 Å². The third kappa shape index (κ3) is 43.4. The summed E-state index contributed by atoms with van der Waals surface area (Å²) in [7, 11) is 0. The van der Waals surface area contributed by atoms with Crippen molar-refractivity contribution in [1.29, 1.82) is 0 Å². The Balaban J connectivity index is 4.26. The number of carbonyl (C=O) groups is 3. The molecule has 0 aliphatic carbocycles. The molecule has 1 atom stereocenters. The standard InChI is InChI=1S/C49H94O6/c1-43(2)35-29-23-17-13-11-9-7-8-10-12-14-19-26-32-38-47(50)53-41-46(42-54-48(51)39-33-27-22-21-25-31-37-45(5)6)55-49(52)40-34-28-20-16-15-18-24-30-36-44(3)4/h43-46H,7-42H2,1-6H3/t46-/m0/s1. The van der Waals surface area contributed by atoms with Crippen LogP contribution < -0.4 is 0 Å². The first-order chi connectivity index (χ1) is 26.6. The molecule has 55 heavy (non-hydrogen) atoms. The van der Waals surface area contributed by atoms with E-state index in [4.69, 9.17) is 14.2 Å². The number of hydrogen-bond acceptors (Lipinski definition) is 6. The Bertz CT molecular complexity index is 852. The second-order valence-electron chi connectivity index (χ2n) is 18.2. The van der Waals surface area contributed by atoms with Crippen molar-refractivity contribution in [2.45, 2.75) is 266 Å². The lowest BCUT2D eigenvalue weighted by Gasteiger charge is -2.18. The molecule has 0 fully saturated rings. The highest BCUT2D eigenvalue weighted by Gasteiger charge is 2.19. The molecule has 0 amide bonds. The van der Waals surface area contributed by atoms with Gasteiger partial charge in [-0.05, 0) is 37.0 Å². The van der Waals surface area contributed by atoms with Gasteiger partial charge in [0, 0.05) is 19.3 Å². The van der Waals surface area contributed by atoms with Crippen molar-refractivity contribution in [2.24, 2.45) is 17.8 Å². The van der Waals surface area contributed by atoms with Crippen molar-refractivity contribution >= 4 is 17.9 Å². The molecule has 6 heteroatoms. The molecule has 0 N–H and O–H groups in total. The zero-order chi connectivity index (χ0) is 40.6. The van der Waals surface area contributed by atoms with E-state index in [0.29, 0.717) is 19.3 Å². The summed E-state index contributed by atoms with van der Waals surface area (Å²) in [5.74, 6) is 1.54. The number of unbranched alkanes of at least 4 members (excludes halogenated alkanes) is 25. The minimum absolute atomic E-state index is 0.0663. The summed E-state index contributed by atoms with van der Waals surface area (Å²) in [5, 5.41) is 0. The molecule has 6 nitrogen and oxygen atoms in total. The van der Waals surface area contributed by atoms with E-state index >= 15 is 0 Å². The third-order valence-electron chi connectivity index (χ3n) is 10.9. The van der Waals surface area contributed by atoms with Crippen LogP contribution in [0, 0.1) is 17.8 Å². The second kappa shape index (κ2) is 40.6. The average Bonchev–Trinajstić information content (AvgIpc) is 3.13. The van der Waals surface area contributed by atoms with E-state index in [0.717, 1.165) is 75.5 Å². The lowest BCUT2D eigenvalue weighted by Crippen LogP contribution is -2.30. The van der Waals surface area contributed by atoms with Gasteiger partial charge in [0.2, 0.25) is 0 Å². The Morgan fingerprint density at radius 1 is 0.309 bits per heavy atom. The van der Waals surface area contributed by atoms with Gasteiger partial charge in [-0.15, -0.1) is 0 Å². The highest BCUT2D eigenvalue weighted by atomic mass is 16.6. The summed E-state index contributed by atoms with van der Waals surface area (Å²) in [6.07, 6.45) is 38.2. The van der Waals surface area contributed by atoms with Gasteiger partial charge in [-0.2, -0.15) is 0 Å². The molecule has 0 spiro atoms. The fourth-order valence-electron chi connectivity index (χ4n) is 7.23. The zero-order valence-electron chi connectivity index (χ0n) is 37.7. The van der Waals surface area contributed by atoms with E-state index in [9.17, 15) is 14.4 Å². The van der Waals surface area contributed by atoms with E-state index in [1.54, 1.807) is 0 Å². The summed E-state index contributed by atoms with van der Waals surface area (Å²) in [6, 6.07) is 0. The Kier molecular flexibility index (Phi) is 39.4. The number of hydrogen-bond donors (Lipinski definition) is 0. The van der Waals surface area contributed by atoms with Crippen LogP contribution in [-0.4, -0.2) is 37.2 Å². The van der Waals surface area contributed by atoms with Gasteiger partial charge in [-0.25, -0.2) is 0 Å². The number of rotatable bonds is 42. The molecular formula is C49H94O6. The molecule has 0 aromatic carbocycles. The molecule has 0 aliphatic heterocycles. The summed E-state index contributed by atoms with van der Waals surface area (Å²) >= 11 is 0. The average molecular weight is 779 g/mol. The first kappa shape index (κ1) is 53.4. The maximum atomic E-state index is 12.7. The molecule has 0 heterocycles. The fourth-order valence-corrected chi connectivity index (χ4v) is 7.23. The van der Waals surface area contributed by atoms with Gasteiger partial charge in [-0.1, -0.05) is 221 Å². The van der Waals surface area contributed by atoms with Crippen molar-refractivity contribution in [1.82, 2.24) is 0 Å². The molecule has 0 saturated carbocycles. The molecule has 0 radical (unpaired) electrons. The number of carbonyl (C=O) groups excluding carboxylic acids is 3. The highest BCUT2D eigenvalue weighted by molar-refractivity contribution is 5.71. The van der Waals surface area contributed by atoms with Crippen LogP contribution >= 0.6 is 0 Å². The Morgan fingerprint density at radius 3 is 0.782 bits per heavy atom. The minimum atomic E-state index is -0.762. The molecule has 0 aliphatic rings.